The van der Waals surface area contributed by atoms with Crippen molar-refractivity contribution in [3.05, 3.63) is 55.7 Å². The summed E-state index contributed by atoms with van der Waals surface area (Å²) in [5.41, 5.74) is 5.33. The highest BCUT2D eigenvalue weighted by atomic mass is 35.5. The Morgan fingerprint density at radius 3 is 2.48 bits per heavy atom. The van der Waals surface area contributed by atoms with Gasteiger partial charge in [0.25, 0.3) is 0 Å². The van der Waals surface area contributed by atoms with Gasteiger partial charge in [0.2, 0.25) is 0 Å². The van der Waals surface area contributed by atoms with Crippen LogP contribution in [0.2, 0.25) is 5.02 Å². The topological polar surface area (TPSA) is 12.0 Å². The first kappa shape index (κ1) is 16.5. The molecule has 114 valence electrons. The molecule has 0 aliphatic carbocycles. The van der Waals surface area contributed by atoms with Crippen molar-refractivity contribution in [3.63, 3.8) is 0 Å². The maximum Gasteiger partial charge on any atom is 0.0688 e. The van der Waals surface area contributed by atoms with Crippen LogP contribution in [-0.4, -0.2) is 6.54 Å². The van der Waals surface area contributed by atoms with E-state index in [-0.39, 0.29) is 6.04 Å². The Kier molecular flexibility index (Phi) is 5.86. The molecule has 0 saturated carbocycles. The summed E-state index contributed by atoms with van der Waals surface area (Å²) in [4.78, 5) is 1.24. The molecule has 1 heterocycles. The molecule has 1 unspecified atom stereocenters. The summed E-state index contributed by atoms with van der Waals surface area (Å²) in [7, 11) is 0. The monoisotopic (exact) mass is 321 g/mol. The number of nitrogens with one attached hydrogen (secondary N) is 1. The number of halogens is 1. The Bertz CT molecular complexity index is 603. The van der Waals surface area contributed by atoms with Gasteiger partial charge >= 0.3 is 0 Å². The van der Waals surface area contributed by atoms with E-state index >= 15 is 0 Å². The summed E-state index contributed by atoms with van der Waals surface area (Å²) in [6, 6.07) is 7.06. The Morgan fingerprint density at radius 1 is 1.19 bits per heavy atom. The van der Waals surface area contributed by atoms with Crippen molar-refractivity contribution in [1.29, 1.82) is 0 Å². The first-order valence-electron chi connectivity index (χ1n) is 7.70. The molecule has 0 aliphatic heterocycles. The lowest BCUT2D eigenvalue weighted by atomic mass is 9.94. The van der Waals surface area contributed by atoms with Crippen molar-refractivity contribution in [3.8, 4) is 0 Å². The number of benzene rings is 1. The van der Waals surface area contributed by atoms with Gasteiger partial charge in [0.1, 0.15) is 0 Å². The van der Waals surface area contributed by atoms with Crippen LogP contribution in [0.4, 0.5) is 0 Å². The van der Waals surface area contributed by atoms with Crippen molar-refractivity contribution in [1.82, 2.24) is 5.32 Å². The van der Waals surface area contributed by atoms with Gasteiger partial charge in [0.05, 0.1) is 11.1 Å². The van der Waals surface area contributed by atoms with Crippen LogP contribution in [0.3, 0.4) is 0 Å². The predicted octanol–water partition coefficient (Wildman–Crippen LogP) is 5.53. The van der Waals surface area contributed by atoms with Gasteiger partial charge in [-0.3, -0.25) is 0 Å². The quantitative estimate of drug-likeness (QED) is 0.737. The molecule has 0 radical (unpaired) electrons. The van der Waals surface area contributed by atoms with Crippen molar-refractivity contribution in [2.75, 3.05) is 6.54 Å². The minimum atomic E-state index is 0.197. The number of rotatable bonds is 6. The third kappa shape index (κ3) is 3.50. The van der Waals surface area contributed by atoms with Crippen molar-refractivity contribution >= 4 is 22.9 Å². The summed E-state index contributed by atoms with van der Waals surface area (Å²) < 4.78 is 0. The fourth-order valence-electron chi connectivity index (χ4n) is 2.65. The molecule has 2 rings (SSSR count). The van der Waals surface area contributed by atoms with Crippen LogP contribution in [0.25, 0.3) is 0 Å². The lowest BCUT2D eigenvalue weighted by Gasteiger charge is -2.22. The molecule has 0 aliphatic rings. The molecule has 1 nitrogen and oxygen atoms in total. The Hall–Kier alpha value is -0.830. The van der Waals surface area contributed by atoms with E-state index in [1.54, 1.807) is 11.3 Å². The summed E-state index contributed by atoms with van der Waals surface area (Å²) >= 11 is 8.29. The second kappa shape index (κ2) is 7.44. The Labute approximate surface area is 137 Å². The average Bonchev–Trinajstić information content (AvgIpc) is 2.84. The van der Waals surface area contributed by atoms with Crippen LogP contribution in [0, 0.1) is 6.92 Å². The van der Waals surface area contributed by atoms with Crippen LogP contribution in [-0.2, 0) is 12.8 Å². The molecule has 21 heavy (non-hydrogen) atoms. The third-order valence-corrected chi connectivity index (χ3v) is 5.68. The summed E-state index contributed by atoms with van der Waals surface area (Å²) in [6.45, 7) is 9.58. The molecule has 1 aromatic heterocycles. The molecule has 0 bridgehead atoms. The van der Waals surface area contributed by atoms with E-state index in [4.69, 9.17) is 11.6 Å². The molecule has 1 N–H and O–H groups in total. The first-order chi connectivity index (χ1) is 10.1. The smallest absolute Gasteiger partial charge is 0.0688 e. The molecule has 0 fully saturated rings. The van der Waals surface area contributed by atoms with Gasteiger partial charge in [-0.25, -0.2) is 0 Å². The molecule has 1 atom stereocenters. The van der Waals surface area contributed by atoms with E-state index in [2.05, 4.69) is 56.6 Å². The van der Waals surface area contributed by atoms with E-state index < -0.39 is 0 Å². The van der Waals surface area contributed by atoms with Crippen LogP contribution < -0.4 is 5.32 Å². The zero-order chi connectivity index (χ0) is 15.4. The lowest BCUT2D eigenvalue weighted by Crippen LogP contribution is -2.22. The van der Waals surface area contributed by atoms with Crippen molar-refractivity contribution in [2.24, 2.45) is 0 Å². The Balaban J connectivity index is 2.54. The van der Waals surface area contributed by atoms with Gasteiger partial charge in [-0.1, -0.05) is 50.6 Å². The summed E-state index contributed by atoms with van der Waals surface area (Å²) in [6.07, 6.45) is 2.11. The van der Waals surface area contributed by atoms with Crippen LogP contribution in [0.15, 0.2) is 23.6 Å². The maximum atomic E-state index is 6.53. The third-order valence-electron chi connectivity index (χ3n) is 3.91. The normalized spacial score (nSPS) is 12.6. The zero-order valence-corrected chi connectivity index (χ0v) is 14.9. The number of hydrogen-bond donors (Lipinski definition) is 1. The fourth-order valence-corrected chi connectivity index (χ4v) is 4.04. The molecule has 2 aromatic rings. The minimum absolute atomic E-state index is 0.197. The van der Waals surface area contributed by atoms with E-state index in [0.717, 1.165) is 24.4 Å². The van der Waals surface area contributed by atoms with Gasteiger partial charge in [-0.05, 0) is 53.9 Å². The summed E-state index contributed by atoms with van der Waals surface area (Å²) in [5, 5.41) is 6.68. The van der Waals surface area contributed by atoms with Crippen LogP contribution in [0.5, 0.6) is 0 Å². The highest BCUT2D eigenvalue weighted by molar-refractivity contribution is 7.10. The minimum Gasteiger partial charge on any atom is -0.306 e. The van der Waals surface area contributed by atoms with E-state index in [9.17, 15) is 0 Å². The van der Waals surface area contributed by atoms with Gasteiger partial charge < -0.3 is 5.32 Å². The molecule has 0 spiro atoms. The lowest BCUT2D eigenvalue weighted by molar-refractivity contribution is 0.633. The fraction of sp³-hybridized carbons (Fsp3) is 0.444. The Morgan fingerprint density at radius 2 is 1.95 bits per heavy atom. The SMILES string of the molecule is CCNC(c1cc(CC)ccc1CC)c1scc(C)c1Cl. The van der Waals surface area contributed by atoms with Crippen LogP contribution >= 0.6 is 22.9 Å². The second-order valence-corrected chi connectivity index (χ2v) is 6.62. The van der Waals surface area contributed by atoms with Crippen molar-refractivity contribution in [2.45, 2.75) is 46.6 Å². The molecular formula is C18H24ClNS. The molecular weight excluding hydrogens is 298 g/mol. The summed E-state index contributed by atoms with van der Waals surface area (Å²) in [5.74, 6) is 0. The van der Waals surface area contributed by atoms with Crippen molar-refractivity contribution < 1.29 is 0 Å². The molecule has 3 heteroatoms. The maximum absolute atomic E-state index is 6.53. The van der Waals surface area contributed by atoms with E-state index in [1.807, 2.05) is 0 Å². The number of thiophene rings is 1. The van der Waals surface area contributed by atoms with E-state index in [0.29, 0.717) is 0 Å². The number of hydrogen-bond acceptors (Lipinski definition) is 2. The van der Waals surface area contributed by atoms with E-state index in [1.165, 1.54) is 27.1 Å². The zero-order valence-electron chi connectivity index (χ0n) is 13.3. The predicted molar refractivity (Wildman–Crippen MR) is 94.8 cm³/mol. The average molecular weight is 322 g/mol. The van der Waals surface area contributed by atoms with Crippen LogP contribution in [0.1, 0.15) is 53.9 Å². The molecule has 1 aromatic carbocycles. The highest BCUT2D eigenvalue weighted by Gasteiger charge is 2.21. The largest absolute Gasteiger partial charge is 0.306 e. The number of aryl methyl sites for hydroxylation is 3. The standard InChI is InChI=1S/C18H24ClNS/c1-5-13-8-9-14(6-2)15(10-13)17(20-7-3)18-16(19)12(4)11-21-18/h8-11,17,20H,5-7H2,1-4H3. The second-order valence-electron chi connectivity index (χ2n) is 5.33. The molecule has 0 amide bonds. The van der Waals surface area contributed by atoms with Gasteiger partial charge in [0, 0.05) is 4.88 Å². The first-order valence-corrected chi connectivity index (χ1v) is 8.96. The van der Waals surface area contributed by atoms with Gasteiger partial charge in [-0.2, -0.15) is 0 Å². The molecule has 0 saturated heterocycles. The van der Waals surface area contributed by atoms with Gasteiger partial charge in [-0.15, -0.1) is 11.3 Å². The van der Waals surface area contributed by atoms with Gasteiger partial charge in [0.15, 0.2) is 0 Å². The highest BCUT2D eigenvalue weighted by Crippen LogP contribution is 2.37.